The molecular formula is C5H7N2O2S+. The second kappa shape index (κ2) is 2.09. The SMILES string of the molecule is O=c1s[nH][n+]2c1OCCC2. The summed E-state index contributed by atoms with van der Waals surface area (Å²) in [5.41, 5.74) is 0. The van der Waals surface area contributed by atoms with Crippen LogP contribution in [0, 0.1) is 0 Å². The van der Waals surface area contributed by atoms with E-state index in [9.17, 15) is 4.79 Å². The van der Waals surface area contributed by atoms with Crippen LogP contribution in [0.2, 0.25) is 0 Å². The first kappa shape index (κ1) is 5.91. The van der Waals surface area contributed by atoms with Crippen molar-refractivity contribution in [1.29, 1.82) is 0 Å². The Morgan fingerprint density at radius 1 is 1.70 bits per heavy atom. The summed E-state index contributed by atoms with van der Waals surface area (Å²) in [6.07, 6.45) is 0.977. The van der Waals surface area contributed by atoms with Crippen LogP contribution in [0.15, 0.2) is 4.79 Å². The molecule has 10 heavy (non-hydrogen) atoms. The highest BCUT2D eigenvalue weighted by Crippen LogP contribution is 2.01. The highest BCUT2D eigenvalue weighted by molar-refractivity contribution is 7.02. The van der Waals surface area contributed by atoms with Gasteiger partial charge in [-0.1, -0.05) is 4.68 Å². The minimum absolute atomic E-state index is 0.0142. The second-order valence-electron chi connectivity index (χ2n) is 2.14. The molecule has 0 saturated heterocycles. The first-order chi connectivity index (χ1) is 4.88. The van der Waals surface area contributed by atoms with Gasteiger partial charge in [0.15, 0.2) is 6.54 Å². The predicted molar refractivity (Wildman–Crippen MR) is 35.2 cm³/mol. The minimum Gasteiger partial charge on any atom is -0.439 e. The summed E-state index contributed by atoms with van der Waals surface area (Å²) < 4.78 is 9.70. The van der Waals surface area contributed by atoms with Crippen molar-refractivity contribution in [2.75, 3.05) is 6.61 Å². The molecule has 0 aliphatic carbocycles. The average molecular weight is 159 g/mol. The molecule has 1 aliphatic rings. The van der Waals surface area contributed by atoms with E-state index in [1.807, 2.05) is 0 Å². The van der Waals surface area contributed by atoms with Crippen molar-refractivity contribution in [3.63, 3.8) is 0 Å². The number of aromatic amines is 1. The predicted octanol–water partition coefficient (Wildman–Crippen LogP) is -0.494. The number of ether oxygens (including phenoxy) is 1. The first-order valence-corrected chi connectivity index (χ1v) is 3.94. The van der Waals surface area contributed by atoms with Crippen LogP contribution in [0.4, 0.5) is 0 Å². The van der Waals surface area contributed by atoms with Gasteiger partial charge in [0.2, 0.25) is 0 Å². The lowest BCUT2D eigenvalue weighted by Crippen LogP contribution is -2.42. The summed E-state index contributed by atoms with van der Waals surface area (Å²) >= 11 is 1.08. The standard InChI is InChI=1S/C5H6N2O2S/c8-5-4-7(6-10-5)2-1-3-9-4/h1-3H2/p+1. The Bertz CT molecular complexity index is 290. The number of aryl methyl sites for hydroxylation is 1. The molecule has 2 heterocycles. The third-order valence-electron chi connectivity index (χ3n) is 1.43. The monoisotopic (exact) mass is 159 g/mol. The van der Waals surface area contributed by atoms with Crippen LogP contribution in [-0.2, 0) is 6.54 Å². The Kier molecular flexibility index (Phi) is 1.23. The van der Waals surface area contributed by atoms with E-state index in [1.165, 1.54) is 0 Å². The number of nitrogens with one attached hydrogen (secondary N) is 1. The van der Waals surface area contributed by atoms with E-state index in [0.29, 0.717) is 12.5 Å². The fourth-order valence-electron chi connectivity index (χ4n) is 0.967. The number of fused-ring (bicyclic) bond motifs is 1. The van der Waals surface area contributed by atoms with Crippen LogP contribution in [0.1, 0.15) is 6.42 Å². The average Bonchev–Trinajstić information content (AvgIpc) is 2.34. The van der Waals surface area contributed by atoms with Crippen LogP contribution in [-0.4, -0.2) is 11.1 Å². The molecule has 0 saturated carbocycles. The Balaban J connectivity index is 2.55. The molecule has 0 atom stereocenters. The number of rotatable bonds is 0. The van der Waals surface area contributed by atoms with Gasteiger partial charge in [-0.3, -0.25) is 4.79 Å². The number of aromatic nitrogens is 2. The smallest absolute Gasteiger partial charge is 0.439 e. The molecule has 4 nitrogen and oxygen atoms in total. The van der Waals surface area contributed by atoms with Gasteiger partial charge in [-0.25, -0.2) is 0 Å². The summed E-state index contributed by atoms with van der Waals surface area (Å²) in [5.74, 6) is 0.469. The Labute approximate surface area is 61.2 Å². The first-order valence-electron chi connectivity index (χ1n) is 3.12. The van der Waals surface area contributed by atoms with Gasteiger partial charge >= 0.3 is 10.6 Å². The molecule has 0 aromatic carbocycles. The summed E-state index contributed by atoms with van der Waals surface area (Å²) in [6, 6.07) is 0. The quantitative estimate of drug-likeness (QED) is 0.519. The maximum absolute atomic E-state index is 10.9. The minimum atomic E-state index is -0.0142. The van der Waals surface area contributed by atoms with Gasteiger partial charge in [0.05, 0.1) is 0 Å². The molecular weight excluding hydrogens is 152 g/mol. The number of H-pyrrole nitrogens is 1. The van der Waals surface area contributed by atoms with Crippen molar-refractivity contribution in [2.24, 2.45) is 0 Å². The highest BCUT2D eigenvalue weighted by Gasteiger charge is 2.24. The van der Waals surface area contributed by atoms with Gasteiger partial charge in [0.25, 0.3) is 0 Å². The van der Waals surface area contributed by atoms with Crippen molar-refractivity contribution in [3.8, 4) is 5.88 Å². The number of nitrogens with zero attached hydrogens (tertiary/aromatic N) is 1. The topological polar surface area (TPSA) is 46.0 Å². The maximum Gasteiger partial charge on any atom is 0.454 e. The Morgan fingerprint density at radius 2 is 2.60 bits per heavy atom. The fourth-order valence-corrected chi connectivity index (χ4v) is 1.59. The van der Waals surface area contributed by atoms with Crippen molar-refractivity contribution in [3.05, 3.63) is 9.54 Å². The van der Waals surface area contributed by atoms with Gasteiger partial charge in [-0.05, 0) is 0 Å². The molecule has 1 aliphatic heterocycles. The van der Waals surface area contributed by atoms with Gasteiger partial charge in [-0.2, -0.15) is 0 Å². The lowest BCUT2D eigenvalue weighted by atomic mass is 10.4. The third-order valence-corrected chi connectivity index (χ3v) is 2.10. The zero-order chi connectivity index (χ0) is 6.97. The summed E-state index contributed by atoms with van der Waals surface area (Å²) in [5, 5.41) is 0. The van der Waals surface area contributed by atoms with E-state index in [0.717, 1.165) is 24.5 Å². The van der Waals surface area contributed by atoms with Gasteiger partial charge in [0, 0.05) is 18.0 Å². The Hall–Kier alpha value is -0.840. The van der Waals surface area contributed by atoms with Crippen molar-refractivity contribution in [2.45, 2.75) is 13.0 Å². The van der Waals surface area contributed by atoms with Crippen LogP contribution in [0.5, 0.6) is 5.88 Å². The molecule has 2 rings (SSSR count). The molecule has 0 unspecified atom stereocenters. The fraction of sp³-hybridized carbons (Fsp3) is 0.600. The van der Waals surface area contributed by atoms with Gasteiger partial charge in [-0.15, -0.1) is 4.49 Å². The van der Waals surface area contributed by atoms with Crippen LogP contribution >= 0.6 is 11.5 Å². The van der Waals surface area contributed by atoms with E-state index >= 15 is 0 Å². The lowest BCUT2D eigenvalue weighted by molar-refractivity contribution is -0.757. The van der Waals surface area contributed by atoms with Crippen molar-refractivity contribution >= 4 is 11.5 Å². The van der Waals surface area contributed by atoms with Crippen molar-refractivity contribution < 1.29 is 9.42 Å². The normalized spacial score (nSPS) is 16.0. The van der Waals surface area contributed by atoms with Gasteiger partial charge in [0.1, 0.15) is 6.61 Å². The molecule has 0 radical (unpaired) electrons. The van der Waals surface area contributed by atoms with Gasteiger partial charge < -0.3 is 4.74 Å². The van der Waals surface area contributed by atoms with Crippen LogP contribution < -0.4 is 14.2 Å². The second-order valence-corrected chi connectivity index (χ2v) is 2.90. The zero-order valence-electron chi connectivity index (χ0n) is 5.29. The maximum atomic E-state index is 10.9. The van der Waals surface area contributed by atoms with Crippen LogP contribution in [0.25, 0.3) is 0 Å². The largest absolute Gasteiger partial charge is 0.454 e. The molecule has 1 aromatic rings. The zero-order valence-corrected chi connectivity index (χ0v) is 6.11. The summed E-state index contributed by atoms with van der Waals surface area (Å²) in [6.45, 7) is 1.54. The molecule has 0 fully saturated rings. The third kappa shape index (κ3) is 0.740. The number of hydrogen-bond acceptors (Lipinski definition) is 3. The highest BCUT2D eigenvalue weighted by atomic mass is 32.1. The van der Waals surface area contributed by atoms with E-state index in [2.05, 4.69) is 4.49 Å². The van der Waals surface area contributed by atoms with Crippen LogP contribution in [0.3, 0.4) is 0 Å². The van der Waals surface area contributed by atoms with Crippen molar-refractivity contribution in [1.82, 2.24) is 4.49 Å². The molecule has 1 N–H and O–H groups in total. The summed E-state index contributed by atoms with van der Waals surface area (Å²) in [7, 11) is 0. The van der Waals surface area contributed by atoms with E-state index in [4.69, 9.17) is 4.74 Å². The molecule has 0 bridgehead atoms. The molecule has 0 amide bonds. The van der Waals surface area contributed by atoms with E-state index in [-0.39, 0.29) is 4.74 Å². The molecule has 0 spiro atoms. The Morgan fingerprint density at radius 3 is 3.40 bits per heavy atom. The molecule has 1 aromatic heterocycles. The summed E-state index contributed by atoms with van der Waals surface area (Å²) in [4.78, 5) is 10.9. The molecule has 54 valence electrons. The lowest BCUT2D eigenvalue weighted by Gasteiger charge is -2.03. The van der Waals surface area contributed by atoms with E-state index in [1.54, 1.807) is 4.68 Å². The molecule has 5 heteroatoms. The van der Waals surface area contributed by atoms with E-state index < -0.39 is 0 Å². The number of hydrogen-bond donors (Lipinski definition) is 1.